The van der Waals surface area contributed by atoms with Gasteiger partial charge in [0.25, 0.3) is 0 Å². The average molecular weight is 424 g/mol. The third-order valence-corrected chi connectivity index (χ3v) is 6.28. The normalized spacial score (nSPS) is 24.3. The maximum absolute atomic E-state index is 9.83. The van der Waals surface area contributed by atoms with Crippen LogP contribution in [0.3, 0.4) is 0 Å². The van der Waals surface area contributed by atoms with Crippen LogP contribution in [0.1, 0.15) is 51.2 Å². The van der Waals surface area contributed by atoms with Gasteiger partial charge in [-0.1, -0.05) is 0 Å². The Kier molecular flexibility index (Phi) is 5.74. The highest BCUT2D eigenvalue weighted by Gasteiger charge is 2.24. The number of rotatable bonds is 5. The number of aliphatic hydroxyl groups excluding tert-OH is 1. The number of benzene rings is 1. The van der Waals surface area contributed by atoms with Crippen molar-refractivity contribution in [2.75, 3.05) is 19.0 Å². The first-order chi connectivity index (χ1) is 15.2. The highest BCUT2D eigenvalue weighted by atomic mass is 16.5. The lowest BCUT2D eigenvalue weighted by Crippen LogP contribution is -2.29. The van der Waals surface area contributed by atoms with Crippen LogP contribution >= 0.6 is 0 Å². The predicted octanol–water partition coefficient (Wildman–Crippen LogP) is 3.92. The Morgan fingerprint density at radius 2 is 1.87 bits per heavy atom. The molecule has 8 nitrogen and oxygen atoms in total. The third-order valence-electron chi connectivity index (χ3n) is 6.28. The summed E-state index contributed by atoms with van der Waals surface area (Å²) in [4.78, 5) is 14.4. The van der Waals surface area contributed by atoms with Gasteiger partial charge in [-0.25, -0.2) is 9.97 Å². The molecular formula is C23H29N5O3. The number of aliphatic hydroxyl groups is 1. The molecule has 1 aliphatic carbocycles. The zero-order valence-electron chi connectivity index (χ0n) is 17.8. The minimum Gasteiger partial charge on any atom is -0.497 e. The van der Waals surface area contributed by atoms with Gasteiger partial charge in [-0.2, -0.15) is 4.98 Å². The minimum atomic E-state index is -0.193. The number of aromatic nitrogens is 4. The van der Waals surface area contributed by atoms with Gasteiger partial charge in [-0.3, -0.25) is 4.57 Å². The average Bonchev–Trinajstić information content (AvgIpc) is 3.25. The van der Waals surface area contributed by atoms with Gasteiger partial charge in [0.15, 0.2) is 5.65 Å². The summed E-state index contributed by atoms with van der Waals surface area (Å²) in [6.45, 7) is 0.760. The summed E-state index contributed by atoms with van der Waals surface area (Å²) in [5.41, 5.74) is 3.31. The van der Waals surface area contributed by atoms with E-state index >= 15 is 0 Å². The van der Waals surface area contributed by atoms with Crippen molar-refractivity contribution in [1.29, 1.82) is 0 Å². The number of fused-ring (bicyclic) bond motifs is 1. The molecule has 1 atom stereocenters. The highest BCUT2D eigenvalue weighted by Crippen LogP contribution is 2.32. The maximum Gasteiger partial charge on any atom is 0.225 e. The second-order valence-corrected chi connectivity index (χ2v) is 8.42. The molecule has 0 amide bonds. The van der Waals surface area contributed by atoms with Gasteiger partial charge in [-0.05, 0) is 69.2 Å². The molecule has 1 saturated heterocycles. The van der Waals surface area contributed by atoms with Crippen LogP contribution in [0.4, 0.5) is 5.95 Å². The second kappa shape index (κ2) is 8.80. The molecule has 0 bridgehead atoms. The number of hydrogen-bond acceptors (Lipinski definition) is 7. The number of imidazole rings is 1. The van der Waals surface area contributed by atoms with Gasteiger partial charge >= 0.3 is 0 Å². The molecule has 164 valence electrons. The molecule has 31 heavy (non-hydrogen) atoms. The lowest BCUT2D eigenvalue weighted by molar-refractivity contribution is -0.0298. The van der Waals surface area contributed by atoms with Crippen molar-refractivity contribution < 1.29 is 14.6 Å². The molecule has 0 spiro atoms. The van der Waals surface area contributed by atoms with Crippen LogP contribution in [0.25, 0.3) is 22.4 Å². The van der Waals surface area contributed by atoms with Crippen LogP contribution < -0.4 is 10.1 Å². The molecule has 0 radical (unpaired) electrons. The Labute approximate surface area is 181 Å². The maximum atomic E-state index is 9.83. The number of ether oxygens (including phenoxy) is 2. The molecule has 8 heteroatoms. The number of methoxy groups -OCH3 is 1. The second-order valence-electron chi connectivity index (χ2n) is 8.42. The molecular weight excluding hydrogens is 394 g/mol. The first-order valence-corrected chi connectivity index (χ1v) is 11.2. The molecule has 3 aromatic rings. The van der Waals surface area contributed by atoms with E-state index in [9.17, 15) is 5.11 Å². The SMILES string of the molecule is COc1ccc(-c2nc(N[C@H]3CC[C@H](O)CC3)nc3c2ncn3C2CCCCO2)cc1. The zero-order valence-corrected chi connectivity index (χ0v) is 17.8. The van der Waals surface area contributed by atoms with E-state index in [1.165, 1.54) is 0 Å². The number of hydrogen-bond donors (Lipinski definition) is 2. The van der Waals surface area contributed by atoms with E-state index in [0.717, 1.165) is 79.7 Å². The Morgan fingerprint density at radius 3 is 2.58 bits per heavy atom. The molecule has 1 aromatic carbocycles. The summed E-state index contributed by atoms with van der Waals surface area (Å²) in [5.74, 6) is 1.39. The van der Waals surface area contributed by atoms with Crippen LogP contribution in [-0.4, -0.2) is 50.5 Å². The van der Waals surface area contributed by atoms with Crippen LogP contribution in [0, 0.1) is 0 Å². The van der Waals surface area contributed by atoms with Gasteiger partial charge in [-0.15, -0.1) is 0 Å². The number of nitrogens with one attached hydrogen (secondary N) is 1. The van der Waals surface area contributed by atoms with Gasteiger partial charge < -0.3 is 19.9 Å². The van der Waals surface area contributed by atoms with Crippen molar-refractivity contribution in [1.82, 2.24) is 19.5 Å². The molecule has 1 aliphatic heterocycles. The van der Waals surface area contributed by atoms with Crippen LogP contribution in [-0.2, 0) is 4.74 Å². The standard InChI is InChI=1S/C23H29N5O3/c1-30-18-11-5-15(6-12-18)20-21-22(28(14-24-21)19-4-2-3-13-31-19)27-23(26-20)25-16-7-9-17(29)10-8-16/h5-6,11-12,14,16-17,19,29H,2-4,7-10,13H2,1H3,(H,25,26,27)/t16-,17-,19?. The Morgan fingerprint density at radius 1 is 1.06 bits per heavy atom. The predicted molar refractivity (Wildman–Crippen MR) is 118 cm³/mol. The van der Waals surface area contributed by atoms with Crippen molar-refractivity contribution >= 4 is 17.1 Å². The van der Waals surface area contributed by atoms with Crippen molar-refractivity contribution in [3.63, 3.8) is 0 Å². The number of anilines is 1. The topological polar surface area (TPSA) is 94.3 Å². The van der Waals surface area contributed by atoms with E-state index in [1.54, 1.807) is 7.11 Å². The third kappa shape index (κ3) is 4.22. The van der Waals surface area contributed by atoms with Gasteiger partial charge in [0.05, 0.1) is 19.5 Å². The zero-order chi connectivity index (χ0) is 21.2. The summed E-state index contributed by atoms with van der Waals surface area (Å²) < 4.78 is 13.4. The molecule has 5 rings (SSSR count). The van der Waals surface area contributed by atoms with E-state index < -0.39 is 0 Å². The minimum absolute atomic E-state index is 0.0463. The smallest absolute Gasteiger partial charge is 0.225 e. The van der Waals surface area contributed by atoms with E-state index in [4.69, 9.17) is 19.4 Å². The quantitative estimate of drug-likeness (QED) is 0.642. The molecule has 2 aromatic heterocycles. The van der Waals surface area contributed by atoms with Crippen molar-refractivity contribution in [3.8, 4) is 17.0 Å². The van der Waals surface area contributed by atoms with Gasteiger partial charge in [0, 0.05) is 18.2 Å². The lowest BCUT2D eigenvalue weighted by Gasteiger charge is -2.26. The van der Waals surface area contributed by atoms with Crippen molar-refractivity contribution in [3.05, 3.63) is 30.6 Å². The van der Waals surface area contributed by atoms with Crippen molar-refractivity contribution in [2.45, 2.75) is 63.3 Å². The molecule has 2 fully saturated rings. The summed E-state index contributed by atoms with van der Waals surface area (Å²) in [6, 6.07) is 8.11. The molecule has 1 unspecified atom stereocenters. The van der Waals surface area contributed by atoms with Gasteiger partial charge in [0.2, 0.25) is 5.95 Å². The fourth-order valence-electron chi connectivity index (χ4n) is 4.49. The lowest BCUT2D eigenvalue weighted by atomic mass is 9.93. The fraction of sp³-hybridized carbons (Fsp3) is 0.522. The van der Waals surface area contributed by atoms with Crippen LogP contribution in [0.5, 0.6) is 5.75 Å². The summed E-state index contributed by atoms with van der Waals surface area (Å²) in [5, 5.41) is 13.3. The first-order valence-electron chi connectivity index (χ1n) is 11.2. The van der Waals surface area contributed by atoms with Crippen LogP contribution in [0.15, 0.2) is 30.6 Å². The first kappa shape index (κ1) is 20.2. The summed E-state index contributed by atoms with van der Waals surface area (Å²) >= 11 is 0. The largest absolute Gasteiger partial charge is 0.497 e. The molecule has 2 aliphatic rings. The Balaban J connectivity index is 1.55. The monoisotopic (exact) mass is 423 g/mol. The van der Waals surface area contributed by atoms with E-state index in [-0.39, 0.29) is 18.4 Å². The summed E-state index contributed by atoms with van der Waals surface area (Å²) in [7, 11) is 1.66. The Hall–Kier alpha value is -2.71. The Bertz CT molecular complexity index is 1020. The highest BCUT2D eigenvalue weighted by molar-refractivity contribution is 5.88. The van der Waals surface area contributed by atoms with E-state index in [1.807, 2.05) is 35.2 Å². The number of nitrogens with zero attached hydrogens (tertiary/aromatic N) is 4. The van der Waals surface area contributed by atoms with Crippen molar-refractivity contribution in [2.24, 2.45) is 0 Å². The van der Waals surface area contributed by atoms with E-state index in [2.05, 4.69) is 10.3 Å². The molecule has 1 saturated carbocycles. The molecule has 3 heterocycles. The van der Waals surface area contributed by atoms with Gasteiger partial charge in [0.1, 0.15) is 23.2 Å². The molecule has 2 N–H and O–H groups in total. The fourth-order valence-corrected chi connectivity index (χ4v) is 4.49. The van der Waals surface area contributed by atoms with E-state index in [0.29, 0.717) is 5.95 Å². The summed E-state index contributed by atoms with van der Waals surface area (Å²) in [6.07, 6.45) is 8.19. The van der Waals surface area contributed by atoms with Crippen LogP contribution in [0.2, 0.25) is 0 Å².